The van der Waals surface area contributed by atoms with Gasteiger partial charge in [-0.05, 0) is 36.4 Å². The molecule has 3 aromatic heterocycles. The Morgan fingerprint density at radius 1 is 1.11 bits per heavy atom. The predicted octanol–water partition coefficient (Wildman–Crippen LogP) is 2.26. The van der Waals surface area contributed by atoms with Crippen LogP contribution in [0.4, 0.5) is 0 Å². The minimum atomic E-state index is -0.376. The average molecular weight is 488 g/mol. The normalized spacial score (nSPS) is 13.1. The maximum Gasteiger partial charge on any atom is 0.257 e. The quantitative estimate of drug-likeness (QED) is 0.447. The van der Waals surface area contributed by atoms with E-state index in [-0.39, 0.29) is 36.2 Å². The number of rotatable bonds is 6. The van der Waals surface area contributed by atoms with Crippen molar-refractivity contribution in [2.45, 2.75) is 19.5 Å². The SMILES string of the molecule is COc1cc(=O)n2c(c1C(=O)NCc1ccco1)CCN(C(=O)c1cccc(-n3cccn3)c1)CC2. The first-order valence-electron chi connectivity index (χ1n) is 11.6. The van der Waals surface area contributed by atoms with Gasteiger partial charge >= 0.3 is 0 Å². The number of benzene rings is 1. The highest BCUT2D eigenvalue weighted by molar-refractivity contribution is 5.98. The molecule has 0 saturated carbocycles. The molecule has 0 aliphatic carbocycles. The van der Waals surface area contributed by atoms with Crippen molar-refractivity contribution < 1.29 is 18.7 Å². The van der Waals surface area contributed by atoms with E-state index in [0.717, 1.165) is 5.69 Å². The number of carbonyl (C=O) groups excluding carboxylic acids is 2. The van der Waals surface area contributed by atoms with Crippen LogP contribution < -0.4 is 15.6 Å². The second-order valence-electron chi connectivity index (χ2n) is 8.33. The molecule has 0 radical (unpaired) electrons. The number of fused-ring (bicyclic) bond motifs is 1. The number of amides is 2. The van der Waals surface area contributed by atoms with E-state index in [0.29, 0.717) is 42.1 Å². The molecule has 1 N–H and O–H groups in total. The summed E-state index contributed by atoms with van der Waals surface area (Å²) < 4.78 is 13.9. The molecule has 10 nitrogen and oxygen atoms in total. The minimum absolute atomic E-state index is 0.152. The van der Waals surface area contributed by atoms with E-state index in [9.17, 15) is 14.4 Å². The lowest BCUT2D eigenvalue weighted by molar-refractivity contribution is 0.0759. The van der Waals surface area contributed by atoms with Crippen LogP contribution in [0.3, 0.4) is 0 Å². The van der Waals surface area contributed by atoms with Crippen molar-refractivity contribution in [2.75, 3.05) is 20.2 Å². The van der Waals surface area contributed by atoms with Crippen LogP contribution in [0.25, 0.3) is 5.69 Å². The highest BCUT2D eigenvalue weighted by Gasteiger charge is 2.27. The summed E-state index contributed by atoms with van der Waals surface area (Å²) in [6, 6.07) is 13.9. The lowest BCUT2D eigenvalue weighted by Gasteiger charge is -2.20. The summed E-state index contributed by atoms with van der Waals surface area (Å²) in [7, 11) is 1.42. The molecular formula is C26H25N5O5. The number of hydrogen-bond acceptors (Lipinski definition) is 6. The van der Waals surface area contributed by atoms with Gasteiger partial charge in [0.1, 0.15) is 17.1 Å². The smallest absolute Gasteiger partial charge is 0.257 e. The fourth-order valence-corrected chi connectivity index (χ4v) is 4.41. The number of pyridine rings is 1. The van der Waals surface area contributed by atoms with E-state index in [1.165, 1.54) is 19.4 Å². The zero-order valence-corrected chi connectivity index (χ0v) is 19.7. The summed E-state index contributed by atoms with van der Waals surface area (Å²) >= 11 is 0. The van der Waals surface area contributed by atoms with Crippen LogP contribution in [-0.4, -0.2) is 51.3 Å². The largest absolute Gasteiger partial charge is 0.496 e. The first kappa shape index (κ1) is 23.2. The van der Waals surface area contributed by atoms with Gasteiger partial charge in [-0.3, -0.25) is 14.4 Å². The Kier molecular flexibility index (Phi) is 6.40. The van der Waals surface area contributed by atoms with Gasteiger partial charge in [0.25, 0.3) is 17.4 Å². The van der Waals surface area contributed by atoms with E-state index in [2.05, 4.69) is 10.4 Å². The van der Waals surface area contributed by atoms with Crippen molar-refractivity contribution in [3.8, 4) is 11.4 Å². The topological polar surface area (TPSA) is 112 Å². The Balaban J connectivity index is 1.40. The molecule has 0 saturated heterocycles. The molecule has 1 aromatic carbocycles. The molecule has 10 heteroatoms. The van der Waals surface area contributed by atoms with E-state index < -0.39 is 0 Å². The van der Waals surface area contributed by atoms with Crippen molar-refractivity contribution in [3.63, 3.8) is 0 Å². The first-order valence-corrected chi connectivity index (χ1v) is 11.6. The van der Waals surface area contributed by atoms with Crippen molar-refractivity contribution in [1.29, 1.82) is 0 Å². The van der Waals surface area contributed by atoms with Gasteiger partial charge in [0.2, 0.25) is 0 Å². The van der Waals surface area contributed by atoms with E-state index in [4.69, 9.17) is 9.15 Å². The van der Waals surface area contributed by atoms with Gasteiger partial charge in [0, 0.05) is 55.8 Å². The Morgan fingerprint density at radius 2 is 2.00 bits per heavy atom. The molecule has 0 spiro atoms. The zero-order chi connectivity index (χ0) is 25.1. The average Bonchev–Trinajstić information content (AvgIpc) is 3.58. The lowest BCUT2D eigenvalue weighted by atomic mass is 10.1. The van der Waals surface area contributed by atoms with Gasteiger partial charge in [0.15, 0.2) is 0 Å². The minimum Gasteiger partial charge on any atom is -0.496 e. The molecule has 0 bridgehead atoms. The Hall–Kier alpha value is -4.60. The second kappa shape index (κ2) is 9.95. The zero-order valence-electron chi connectivity index (χ0n) is 19.7. The number of nitrogens with one attached hydrogen (secondary N) is 1. The van der Waals surface area contributed by atoms with E-state index in [1.807, 2.05) is 24.4 Å². The van der Waals surface area contributed by atoms with Crippen LogP contribution in [-0.2, 0) is 19.5 Å². The van der Waals surface area contributed by atoms with Gasteiger partial charge in [-0.15, -0.1) is 0 Å². The van der Waals surface area contributed by atoms with Crippen LogP contribution >= 0.6 is 0 Å². The Morgan fingerprint density at radius 3 is 2.75 bits per heavy atom. The molecule has 4 heterocycles. The summed E-state index contributed by atoms with van der Waals surface area (Å²) in [5, 5.41) is 7.05. The molecule has 2 amide bonds. The summed E-state index contributed by atoms with van der Waals surface area (Å²) in [6.45, 7) is 1.14. The molecule has 5 rings (SSSR count). The van der Waals surface area contributed by atoms with Crippen molar-refractivity contribution in [1.82, 2.24) is 24.6 Å². The van der Waals surface area contributed by atoms with Crippen LogP contribution in [0.5, 0.6) is 5.75 Å². The van der Waals surface area contributed by atoms with Crippen LogP contribution in [0.2, 0.25) is 0 Å². The molecule has 1 aliphatic rings. The number of carbonyl (C=O) groups is 2. The van der Waals surface area contributed by atoms with E-state index >= 15 is 0 Å². The van der Waals surface area contributed by atoms with Gasteiger partial charge in [0.05, 0.1) is 25.6 Å². The number of methoxy groups -OCH3 is 1. The third-order valence-electron chi connectivity index (χ3n) is 6.19. The van der Waals surface area contributed by atoms with Crippen molar-refractivity contribution in [3.05, 3.63) is 100 Å². The third kappa shape index (κ3) is 4.52. The molecule has 1 aliphatic heterocycles. The van der Waals surface area contributed by atoms with Crippen molar-refractivity contribution in [2.24, 2.45) is 0 Å². The predicted molar refractivity (Wildman–Crippen MR) is 130 cm³/mol. The fraction of sp³-hybridized carbons (Fsp3) is 0.231. The Bertz CT molecular complexity index is 1440. The summed E-state index contributed by atoms with van der Waals surface area (Å²) in [5.41, 5.74) is 1.85. The van der Waals surface area contributed by atoms with Gasteiger partial charge in [-0.2, -0.15) is 5.10 Å². The molecule has 0 atom stereocenters. The number of aromatic nitrogens is 3. The molecular weight excluding hydrogens is 462 g/mol. The molecule has 4 aromatic rings. The molecule has 184 valence electrons. The monoisotopic (exact) mass is 487 g/mol. The number of ether oxygens (including phenoxy) is 1. The van der Waals surface area contributed by atoms with Crippen molar-refractivity contribution >= 4 is 11.8 Å². The summed E-state index contributed by atoms with van der Waals surface area (Å²) in [5.74, 6) is 0.282. The van der Waals surface area contributed by atoms with E-state index in [1.54, 1.807) is 44.6 Å². The van der Waals surface area contributed by atoms with Gasteiger partial charge in [-0.1, -0.05) is 6.07 Å². The highest BCUT2D eigenvalue weighted by atomic mass is 16.5. The number of nitrogens with zero attached hydrogens (tertiary/aromatic N) is 4. The second-order valence-corrected chi connectivity index (χ2v) is 8.33. The molecule has 0 fully saturated rings. The standard InChI is InChI=1S/C26H25N5O5/c1-35-22-16-23(32)30-13-12-29(26(34)18-5-2-6-19(15-18)31-10-4-9-28-31)11-8-21(30)24(22)25(33)27-17-20-7-3-14-36-20/h2-7,9-10,14-16H,8,11-13,17H2,1H3,(H,27,33). The third-order valence-corrected chi connectivity index (χ3v) is 6.19. The van der Waals surface area contributed by atoms with Crippen LogP contribution in [0.15, 0.2) is 76.4 Å². The van der Waals surface area contributed by atoms with Crippen LogP contribution in [0, 0.1) is 0 Å². The summed E-state index contributed by atoms with van der Waals surface area (Å²) in [4.78, 5) is 41.1. The lowest BCUT2D eigenvalue weighted by Crippen LogP contribution is -2.34. The van der Waals surface area contributed by atoms with Gasteiger partial charge < -0.3 is 23.9 Å². The maximum atomic E-state index is 13.4. The highest BCUT2D eigenvalue weighted by Crippen LogP contribution is 2.23. The molecule has 36 heavy (non-hydrogen) atoms. The number of hydrogen-bond donors (Lipinski definition) is 1. The summed E-state index contributed by atoms with van der Waals surface area (Å²) in [6.07, 6.45) is 5.34. The fourth-order valence-electron chi connectivity index (χ4n) is 4.41. The van der Waals surface area contributed by atoms with Crippen LogP contribution in [0.1, 0.15) is 32.2 Å². The number of furan rings is 1. The first-order chi connectivity index (χ1) is 17.5. The Labute approximate surface area is 206 Å². The maximum absolute atomic E-state index is 13.4. The van der Waals surface area contributed by atoms with Gasteiger partial charge in [-0.25, -0.2) is 4.68 Å². The molecule has 0 unspecified atom stereocenters.